The van der Waals surface area contributed by atoms with Crippen LogP contribution in [0, 0.1) is 0 Å². The lowest BCUT2D eigenvalue weighted by atomic mass is 10.1. The maximum Gasteiger partial charge on any atom is 0.215 e. The predicted octanol–water partition coefficient (Wildman–Crippen LogP) is 0.101. The molecule has 0 unspecified atom stereocenters. The summed E-state index contributed by atoms with van der Waals surface area (Å²) in [6.07, 6.45) is 1.82. The van der Waals surface area contributed by atoms with Gasteiger partial charge in [-0.25, -0.2) is 18.1 Å². The Hall–Kier alpha value is -1.84. The third-order valence-electron chi connectivity index (χ3n) is 2.78. The van der Waals surface area contributed by atoms with Gasteiger partial charge in [-0.05, 0) is 5.56 Å². The van der Waals surface area contributed by atoms with E-state index in [9.17, 15) is 8.42 Å². The van der Waals surface area contributed by atoms with Crippen molar-refractivity contribution in [2.24, 2.45) is 5.73 Å². The van der Waals surface area contributed by atoms with E-state index in [1.807, 2.05) is 0 Å². The van der Waals surface area contributed by atoms with Gasteiger partial charge in [-0.15, -0.1) is 0 Å². The van der Waals surface area contributed by atoms with Crippen LogP contribution in [0.25, 0.3) is 0 Å². The summed E-state index contributed by atoms with van der Waals surface area (Å²) in [6.45, 7) is 0.243. The second-order valence-corrected chi connectivity index (χ2v) is 6.60. The molecule has 112 valence electrons. The fourth-order valence-electron chi connectivity index (χ4n) is 1.82. The molecule has 9 heteroatoms. The summed E-state index contributed by atoms with van der Waals surface area (Å²) in [7, 11) is -3.47. The minimum Gasteiger partial charge on any atom is -0.389 e. The van der Waals surface area contributed by atoms with Crippen molar-refractivity contribution in [2.75, 3.05) is 6.54 Å². The number of hydrogen-bond donors (Lipinski definition) is 3. The molecule has 0 bridgehead atoms. The van der Waals surface area contributed by atoms with Crippen LogP contribution in [0.3, 0.4) is 0 Å². The molecular weight excluding hydrogens is 310 g/mol. The standard InChI is InChI=1S/C12H15N5O2S2/c13-12(20)10-4-2-1-3-9(10)7-21(18,19)16-6-5-11-14-8-15-17-11/h1-4,8,16H,5-7H2,(H2,13,20)(H,14,15,17). The summed E-state index contributed by atoms with van der Waals surface area (Å²) < 4.78 is 26.6. The lowest BCUT2D eigenvalue weighted by Gasteiger charge is -2.09. The molecule has 21 heavy (non-hydrogen) atoms. The Kier molecular flexibility index (Phi) is 4.99. The van der Waals surface area contributed by atoms with Crippen LogP contribution in [0.4, 0.5) is 0 Å². The molecule has 2 rings (SSSR count). The van der Waals surface area contributed by atoms with E-state index < -0.39 is 10.0 Å². The SMILES string of the molecule is NC(=S)c1ccccc1CS(=O)(=O)NCCc1ncn[nH]1. The highest BCUT2D eigenvalue weighted by atomic mass is 32.2. The van der Waals surface area contributed by atoms with Gasteiger partial charge in [0.05, 0.1) is 5.75 Å². The molecule has 0 saturated carbocycles. The first-order chi connectivity index (χ1) is 9.98. The third-order valence-corrected chi connectivity index (χ3v) is 4.33. The average Bonchev–Trinajstić information content (AvgIpc) is 2.91. The highest BCUT2D eigenvalue weighted by Crippen LogP contribution is 2.12. The monoisotopic (exact) mass is 325 g/mol. The lowest BCUT2D eigenvalue weighted by Crippen LogP contribution is -2.28. The van der Waals surface area contributed by atoms with Crippen molar-refractivity contribution in [3.05, 3.63) is 47.5 Å². The summed E-state index contributed by atoms with van der Waals surface area (Å²) in [6, 6.07) is 6.93. The number of aromatic nitrogens is 3. The molecule has 1 aromatic heterocycles. The van der Waals surface area contributed by atoms with Crippen LogP contribution < -0.4 is 10.5 Å². The zero-order chi connectivity index (χ0) is 15.3. The number of rotatable bonds is 7. The van der Waals surface area contributed by atoms with Gasteiger partial charge in [-0.2, -0.15) is 5.10 Å². The molecule has 0 aliphatic carbocycles. The van der Waals surface area contributed by atoms with E-state index in [2.05, 4.69) is 19.9 Å². The molecule has 0 fully saturated rings. The summed E-state index contributed by atoms with van der Waals surface area (Å²) >= 11 is 4.92. The second-order valence-electron chi connectivity index (χ2n) is 4.36. The highest BCUT2D eigenvalue weighted by Gasteiger charge is 2.14. The van der Waals surface area contributed by atoms with Gasteiger partial charge in [0.25, 0.3) is 0 Å². The molecule has 4 N–H and O–H groups in total. The van der Waals surface area contributed by atoms with Crippen molar-refractivity contribution in [1.82, 2.24) is 19.9 Å². The Morgan fingerprint density at radius 3 is 2.81 bits per heavy atom. The van der Waals surface area contributed by atoms with E-state index in [-0.39, 0.29) is 17.3 Å². The highest BCUT2D eigenvalue weighted by molar-refractivity contribution is 7.88. The quantitative estimate of drug-likeness (QED) is 0.622. The average molecular weight is 325 g/mol. The third kappa shape index (κ3) is 4.59. The van der Waals surface area contributed by atoms with Crippen molar-refractivity contribution in [3.8, 4) is 0 Å². The topological polar surface area (TPSA) is 114 Å². The van der Waals surface area contributed by atoms with Gasteiger partial charge in [0.1, 0.15) is 17.1 Å². The van der Waals surface area contributed by atoms with Crippen LogP contribution in [-0.2, 0) is 22.2 Å². The molecule has 0 spiro atoms. The zero-order valence-electron chi connectivity index (χ0n) is 11.1. The Balaban J connectivity index is 1.99. The first-order valence-electron chi connectivity index (χ1n) is 6.17. The molecule has 1 heterocycles. The van der Waals surface area contributed by atoms with Crippen molar-refractivity contribution in [2.45, 2.75) is 12.2 Å². The first-order valence-corrected chi connectivity index (χ1v) is 8.23. The Labute approximate surface area is 128 Å². The van der Waals surface area contributed by atoms with Gasteiger partial charge >= 0.3 is 0 Å². The zero-order valence-corrected chi connectivity index (χ0v) is 12.7. The number of nitrogens with one attached hydrogen (secondary N) is 2. The maximum absolute atomic E-state index is 12.1. The van der Waals surface area contributed by atoms with Gasteiger partial charge in [0.2, 0.25) is 10.0 Å². The van der Waals surface area contributed by atoms with Crippen molar-refractivity contribution >= 4 is 27.2 Å². The van der Waals surface area contributed by atoms with Crippen molar-refractivity contribution < 1.29 is 8.42 Å². The molecule has 0 amide bonds. The molecule has 0 radical (unpaired) electrons. The van der Waals surface area contributed by atoms with Crippen LogP contribution >= 0.6 is 12.2 Å². The number of hydrogen-bond acceptors (Lipinski definition) is 5. The Morgan fingerprint density at radius 2 is 2.14 bits per heavy atom. The fraction of sp³-hybridized carbons (Fsp3) is 0.250. The molecule has 2 aromatic rings. The van der Waals surface area contributed by atoms with Crippen molar-refractivity contribution in [1.29, 1.82) is 0 Å². The number of nitrogens with two attached hydrogens (primary N) is 1. The Bertz CT molecular complexity index is 713. The Morgan fingerprint density at radius 1 is 1.38 bits per heavy atom. The lowest BCUT2D eigenvalue weighted by molar-refractivity contribution is 0.580. The van der Waals surface area contributed by atoms with Crippen LogP contribution in [0.5, 0.6) is 0 Å². The van der Waals surface area contributed by atoms with Gasteiger partial charge in [-0.1, -0.05) is 36.5 Å². The number of H-pyrrole nitrogens is 1. The molecule has 0 aliphatic heterocycles. The molecule has 0 saturated heterocycles. The largest absolute Gasteiger partial charge is 0.389 e. The summed E-state index contributed by atoms with van der Waals surface area (Å²) in [5.74, 6) is 0.456. The normalized spacial score (nSPS) is 11.4. The number of sulfonamides is 1. The summed E-state index contributed by atoms with van der Waals surface area (Å²) in [4.78, 5) is 4.10. The van der Waals surface area contributed by atoms with E-state index >= 15 is 0 Å². The van der Waals surface area contributed by atoms with E-state index in [0.717, 1.165) is 0 Å². The van der Waals surface area contributed by atoms with Gasteiger partial charge in [-0.3, -0.25) is 5.10 Å². The van der Waals surface area contributed by atoms with Crippen LogP contribution in [0.15, 0.2) is 30.6 Å². The number of nitrogens with zero attached hydrogens (tertiary/aromatic N) is 2. The van der Waals surface area contributed by atoms with Crippen LogP contribution in [0.1, 0.15) is 17.0 Å². The fourth-order valence-corrected chi connectivity index (χ4v) is 3.19. The van der Waals surface area contributed by atoms with E-state index in [1.165, 1.54) is 6.33 Å². The van der Waals surface area contributed by atoms with E-state index in [4.69, 9.17) is 18.0 Å². The molecule has 0 aliphatic rings. The van der Waals surface area contributed by atoms with Crippen molar-refractivity contribution in [3.63, 3.8) is 0 Å². The van der Waals surface area contributed by atoms with Gasteiger partial charge in [0, 0.05) is 18.5 Å². The summed E-state index contributed by atoms with van der Waals surface area (Å²) in [5, 5.41) is 6.36. The molecular formula is C12H15N5O2S2. The second kappa shape index (κ2) is 6.74. The van der Waals surface area contributed by atoms with Crippen LogP contribution in [0.2, 0.25) is 0 Å². The predicted molar refractivity (Wildman–Crippen MR) is 83.0 cm³/mol. The molecule has 7 nitrogen and oxygen atoms in total. The number of benzene rings is 1. The summed E-state index contributed by atoms with van der Waals surface area (Å²) in [5.41, 5.74) is 6.75. The first kappa shape index (κ1) is 15.5. The van der Waals surface area contributed by atoms with Gasteiger partial charge < -0.3 is 5.73 Å². The number of thiocarbonyl (C=S) groups is 1. The van der Waals surface area contributed by atoms with Gasteiger partial charge in [0.15, 0.2) is 0 Å². The minimum atomic E-state index is -3.47. The maximum atomic E-state index is 12.1. The number of aromatic amines is 1. The van der Waals surface area contributed by atoms with E-state index in [0.29, 0.717) is 23.4 Å². The molecule has 0 atom stereocenters. The smallest absolute Gasteiger partial charge is 0.215 e. The van der Waals surface area contributed by atoms with Crippen LogP contribution in [-0.4, -0.2) is 35.1 Å². The molecule has 1 aromatic carbocycles. The minimum absolute atomic E-state index is 0.170. The van der Waals surface area contributed by atoms with E-state index in [1.54, 1.807) is 24.3 Å².